The van der Waals surface area contributed by atoms with Crippen molar-refractivity contribution in [3.63, 3.8) is 0 Å². The fourth-order valence-electron chi connectivity index (χ4n) is 1.83. The highest BCUT2D eigenvalue weighted by atomic mass is 16.7. The smallest absolute Gasteiger partial charge is 0.171 e. The van der Waals surface area contributed by atoms with E-state index in [2.05, 4.69) is 0 Å². The molecule has 5 heteroatoms. The molecule has 0 N–H and O–H groups in total. The van der Waals surface area contributed by atoms with Crippen LogP contribution in [0.1, 0.15) is 30.6 Å². The highest BCUT2D eigenvalue weighted by molar-refractivity contribution is 5.99. The Morgan fingerprint density at radius 2 is 1.75 bits per heavy atom. The molecule has 0 saturated heterocycles. The second-order valence-corrected chi connectivity index (χ2v) is 4.03. The third-order valence-electron chi connectivity index (χ3n) is 2.77. The second kappa shape index (κ2) is 8.55. The van der Waals surface area contributed by atoms with Crippen molar-refractivity contribution in [2.45, 2.75) is 26.6 Å². The average Bonchev–Trinajstić information content (AvgIpc) is 2.46. The number of hydrogen-bond acceptors (Lipinski definition) is 5. The van der Waals surface area contributed by atoms with E-state index in [1.165, 1.54) is 7.11 Å². The summed E-state index contributed by atoms with van der Waals surface area (Å²) in [4.78, 5) is 12.3. The molecule has 1 rings (SSSR count). The minimum atomic E-state index is -0.524. The Morgan fingerprint density at radius 1 is 1.10 bits per heavy atom. The van der Waals surface area contributed by atoms with Crippen molar-refractivity contribution in [3.05, 3.63) is 23.8 Å². The molecule has 1 aromatic rings. The predicted octanol–water partition coefficient (Wildman–Crippen LogP) is 2.68. The molecule has 0 heterocycles. The van der Waals surface area contributed by atoms with Crippen LogP contribution in [0.5, 0.6) is 11.5 Å². The van der Waals surface area contributed by atoms with E-state index in [1.807, 2.05) is 13.8 Å². The number of carbonyl (C=O) groups is 1. The van der Waals surface area contributed by atoms with Crippen molar-refractivity contribution in [1.82, 2.24) is 0 Å². The van der Waals surface area contributed by atoms with Crippen LogP contribution in [0.25, 0.3) is 0 Å². The molecule has 0 amide bonds. The van der Waals surface area contributed by atoms with Crippen molar-refractivity contribution in [2.75, 3.05) is 27.4 Å². The summed E-state index contributed by atoms with van der Waals surface area (Å²) in [7, 11) is 3.09. The lowest BCUT2D eigenvalue weighted by molar-refractivity contribution is -0.133. The highest BCUT2D eigenvalue weighted by Crippen LogP contribution is 2.26. The zero-order valence-corrected chi connectivity index (χ0v) is 12.5. The van der Waals surface area contributed by atoms with E-state index in [0.29, 0.717) is 30.3 Å². The third kappa shape index (κ3) is 4.51. The number of ether oxygens (including phenoxy) is 4. The maximum absolute atomic E-state index is 12.3. The van der Waals surface area contributed by atoms with Gasteiger partial charge in [-0.25, -0.2) is 0 Å². The quantitative estimate of drug-likeness (QED) is 0.515. The van der Waals surface area contributed by atoms with E-state index in [-0.39, 0.29) is 12.2 Å². The van der Waals surface area contributed by atoms with Crippen molar-refractivity contribution in [2.24, 2.45) is 0 Å². The number of rotatable bonds is 9. The molecule has 0 aliphatic heterocycles. The number of carbonyl (C=O) groups excluding carboxylic acids is 1. The van der Waals surface area contributed by atoms with Crippen LogP contribution in [-0.4, -0.2) is 39.5 Å². The van der Waals surface area contributed by atoms with Gasteiger partial charge in [-0.15, -0.1) is 0 Å². The lowest BCUT2D eigenvalue weighted by Gasteiger charge is -2.17. The Balaban J connectivity index is 2.85. The van der Waals surface area contributed by atoms with Gasteiger partial charge in [0.15, 0.2) is 12.1 Å². The minimum absolute atomic E-state index is 0.0867. The Morgan fingerprint density at radius 3 is 2.25 bits per heavy atom. The molecule has 112 valence electrons. The van der Waals surface area contributed by atoms with Gasteiger partial charge in [-0.2, -0.15) is 0 Å². The van der Waals surface area contributed by atoms with Crippen LogP contribution in [0, 0.1) is 0 Å². The molecule has 5 nitrogen and oxygen atoms in total. The van der Waals surface area contributed by atoms with Gasteiger partial charge in [0, 0.05) is 19.3 Å². The number of methoxy groups -OCH3 is 2. The van der Waals surface area contributed by atoms with Crippen LogP contribution in [0.3, 0.4) is 0 Å². The van der Waals surface area contributed by atoms with Crippen molar-refractivity contribution in [1.29, 1.82) is 0 Å². The first-order chi connectivity index (χ1) is 9.65. The van der Waals surface area contributed by atoms with Crippen LogP contribution in [0.2, 0.25) is 0 Å². The molecular formula is C15H22O5. The van der Waals surface area contributed by atoms with E-state index >= 15 is 0 Å². The van der Waals surface area contributed by atoms with Crippen LogP contribution in [0.15, 0.2) is 18.2 Å². The van der Waals surface area contributed by atoms with Crippen LogP contribution in [0.4, 0.5) is 0 Å². The summed E-state index contributed by atoms with van der Waals surface area (Å²) in [5, 5.41) is 0. The molecule has 20 heavy (non-hydrogen) atoms. The zero-order valence-electron chi connectivity index (χ0n) is 12.5. The predicted molar refractivity (Wildman–Crippen MR) is 75.5 cm³/mol. The first-order valence-electron chi connectivity index (χ1n) is 6.64. The summed E-state index contributed by atoms with van der Waals surface area (Å²) in [6, 6.07) is 5.10. The molecule has 0 bridgehead atoms. The maximum atomic E-state index is 12.3. The van der Waals surface area contributed by atoms with Crippen molar-refractivity contribution >= 4 is 5.78 Å². The van der Waals surface area contributed by atoms with E-state index in [9.17, 15) is 4.79 Å². The lowest BCUT2D eigenvalue weighted by atomic mass is 10.1. The Kier molecular flexibility index (Phi) is 7.04. The molecule has 0 radical (unpaired) electrons. The molecule has 0 spiro atoms. The van der Waals surface area contributed by atoms with Crippen LogP contribution < -0.4 is 9.47 Å². The normalized spacial score (nSPS) is 10.7. The number of ketones is 1. The summed E-state index contributed by atoms with van der Waals surface area (Å²) < 4.78 is 21.1. The zero-order chi connectivity index (χ0) is 15.0. The van der Waals surface area contributed by atoms with E-state index in [0.717, 1.165) is 0 Å². The molecule has 0 saturated carbocycles. The van der Waals surface area contributed by atoms with Crippen LogP contribution in [-0.2, 0) is 9.47 Å². The summed E-state index contributed by atoms with van der Waals surface area (Å²) in [5.74, 6) is 1.04. The average molecular weight is 282 g/mol. The van der Waals surface area contributed by atoms with Crippen LogP contribution >= 0.6 is 0 Å². The molecule has 0 fully saturated rings. The number of Topliss-reactive ketones (excluding diaryl/α,β-unsaturated/α-hetero) is 1. The van der Waals surface area contributed by atoms with Gasteiger partial charge in [0.1, 0.15) is 11.5 Å². The summed E-state index contributed by atoms with van der Waals surface area (Å²) >= 11 is 0. The number of benzene rings is 1. The van der Waals surface area contributed by atoms with Gasteiger partial charge >= 0.3 is 0 Å². The Hall–Kier alpha value is -1.59. The monoisotopic (exact) mass is 282 g/mol. The molecule has 0 aromatic heterocycles. The fourth-order valence-corrected chi connectivity index (χ4v) is 1.83. The van der Waals surface area contributed by atoms with Crippen molar-refractivity contribution < 1.29 is 23.7 Å². The van der Waals surface area contributed by atoms with Gasteiger partial charge in [0.05, 0.1) is 26.2 Å². The first-order valence-corrected chi connectivity index (χ1v) is 6.64. The van der Waals surface area contributed by atoms with Crippen molar-refractivity contribution in [3.8, 4) is 11.5 Å². The summed E-state index contributed by atoms with van der Waals surface area (Å²) in [6.45, 7) is 4.73. The standard InChI is InChI=1S/C15H22O5/c1-5-19-15(20-6-2)10-13(16)12-8-7-11(17-3)9-14(12)18-4/h7-9,15H,5-6,10H2,1-4H3. The van der Waals surface area contributed by atoms with E-state index < -0.39 is 6.29 Å². The van der Waals surface area contributed by atoms with E-state index in [4.69, 9.17) is 18.9 Å². The molecule has 0 aliphatic carbocycles. The first kappa shape index (κ1) is 16.5. The lowest BCUT2D eigenvalue weighted by Crippen LogP contribution is -2.21. The van der Waals surface area contributed by atoms with Gasteiger partial charge in [0.2, 0.25) is 0 Å². The largest absolute Gasteiger partial charge is 0.497 e. The number of hydrogen-bond donors (Lipinski definition) is 0. The molecule has 0 aliphatic rings. The fraction of sp³-hybridized carbons (Fsp3) is 0.533. The second-order valence-electron chi connectivity index (χ2n) is 4.03. The molecule has 0 atom stereocenters. The maximum Gasteiger partial charge on any atom is 0.171 e. The molecule has 1 aromatic carbocycles. The van der Waals surface area contributed by atoms with Gasteiger partial charge in [0.25, 0.3) is 0 Å². The van der Waals surface area contributed by atoms with Gasteiger partial charge < -0.3 is 18.9 Å². The highest BCUT2D eigenvalue weighted by Gasteiger charge is 2.19. The Bertz CT molecular complexity index is 424. The molecule has 0 unspecified atom stereocenters. The molecular weight excluding hydrogens is 260 g/mol. The topological polar surface area (TPSA) is 54.0 Å². The SMILES string of the molecule is CCOC(CC(=O)c1ccc(OC)cc1OC)OCC. The summed E-state index contributed by atoms with van der Waals surface area (Å²) in [5.41, 5.74) is 0.498. The summed E-state index contributed by atoms with van der Waals surface area (Å²) in [6.07, 6.45) is -0.367. The van der Waals surface area contributed by atoms with Gasteiger partial charge in [-0.3, -0.25) is 4.79 Å². The third-order valence-corrected chi connectivity index (χ3v) is 2.77. The Labute approximate surface area is 119 Å². The van der Waals surface area contributed by atoms with Gasteiger partial charge in [-0.05, 0) is 26.0 Å². The minimum Gasteiger partial charge on any atom is -0.497 e. The van der Waals surface area contributed by atoms with Gasteiger partial charge in [-0.1, -0.05) is 0 Å². The van der Waals surface area contributed by atoms with E-state index in [1.54, 1.807) is 25.3 Å².